The summed E-state index contributed by atoms with van der Waals surface area (Å²) in [5.41, 5.74) is 0.609. The van der Waals surface area contributed by atoms with Crippen molar-refractivity contribution < 1.29 is 13.9 Å². The van der Waals surface area contributed by atoms with Gasteiger partial charge >= 0.3 is 5.97 Å². The average Bonchev–Trinajstić information content (AvgIpc) is 3.02. The number of thioether (sulfide) groups is 2. The van der Waals surface area contributed by atoms with Crippen LogP contribution in [-0.2, 0) is 16.2 Å². The Balaban J connectivity index is 1.96. The molecule has 8 heteroatoms. The third-order valence-electron chi connectivity index (χ3n) is 2.86. The molecule has 0 amide bonds. The van der Waals surface area contributed by atoms with Gasteiger partial charge in [0.05, 0.1) is 18.1 Å². The Labute approximate surface area is 148 Å². The van der Waals surface area contributed by atoms with E-state index in [9.17, 15) is 9.59 Å². The van der Waals surface area contributed by atoms with Gasteiger partial charge in [0.1, 0.15) is 5.76 Å². The molecule has 24 heavy (non-hydrogen) atoms. The SMILES string of the molecule is CCCSCc1cc(=O)[nH]c(SCc2ccc(C(=O)OCC)o2)n1. The predicted octanol–water partition coefficient (Wildman–Crippen LogP) is 3.48. The Morgan fingerprint density at radius 2 is 2.17 bits per heavy atom. The highest BCUT2D eigenvalue weighted by Crippen LogP contribution is 2.21. The molecule has 2 aromatic rings. The monoisotopic (exact) mass is 368 g/mol. The summed E-state index contributed by atoms with van der Waals surface area (Å²) in [5.74, 6) is 2.55. The van der Waals surface area contributed by atoms with E-state index in [1.54, 1.807) is 30.8 Å². The van der Waals surface area contributed by atoms with Crippen LogP contribution in [0.25, 0.3) is 0 Å². The van der Waals surface area contributed by atoms with E-state index < -0.39 is 5.97 Å². The van der Waals surface area contributed by atoms with Crippen LogP contribution in [0.15, 0.2) is 32.6 Å². The molecule has 0 spiro atoms. The van der Waals surface area contributed by atoms with Crippen molar-refractivity contribution in [1.82, 2.24) is 9.97 Å². The minimum absolute atomic E-state index is 0.161. The Morgan fingerprint density at radius 1 is 1.33 bits per heavy atom. The van der Waals surface area contributed by atoms with Crippen molar-refractivity contribution in [3.8, 4) is 0 Å². The molecule has 0 saturated heterocycles. The van der Waals surface area contributed by atoms with E-state index in [0.29, 0.717) is 23.3 Å². The van der Waals surface area contributed by atoms with Crippen LogP contribution in [0, 0.1) is 0 Å². The zero-order valence-corrected chi connectivity index (χ0v) is 15.3. The Kier molecular flexibility index (Phi) is 7.45. The van der Waals surface area contributed by atoms with Crippen LogP contribution in [0.4, 0.5) is 0 Å². The maximum Gasteiger partial charge on any atom is 0.374 e. The lowest BCUT2D eigenvalue weighted by Crippen LogP contribution is -2.09. The minimum Gasteiger partial charge on any atom is -0.460 e. The molecule has 2 heterocycles. The van der Waals surface area contributed by atoms with Gasteiger partial charge in [-0.25, -0.2) is 9.78 Å². The first-order chi connectivity index (χ1) is 11.6. The lowest BCUT2D eigenvalue weighted by Gasteiger charge is -2.03. The molecule has 2 aromatic heterocycles. The van der Waals surface area contributed by atoms with Gasteiger partial charge in [0.25, 0.3) is 5.56 Å². The molecular formula is C16H20N2O4S2. The number of nitrogens with one attached hydrogen (secondary N) is 1. The largest absolute Gasteiger partial charge is 0.460 e. The van der Waals surface area contributed by atoms with Crippen molar-refractivity contribution in [2.24, 2.45) is 0 Å². The lowest BCUT2D eigenvalue weighted by molar-refractivity contribution is 0.0488. The number of aromatic amines is 1. The van der Waals surface area contributed by atoms with E-state index >= 15 is 0 Å². The van der Waals surface area contributed by atoms with Gasteiger partial charge < -0.3 is 14.1 Å². The van der Waals surface area contributed by atoms with E-state index in [2.05, 4.69) is 16.9 Å². The number of furan rings is 1. The van der Waals surface area contributed by atoms with Gasteiger partial charge in [-0.2, -0.15) is 11.8 Å². The first-order valence-electron chi connectivity index (χ1n) is 7.69. The fourth-order valence-corrected chi connectivity index (χ4v) is 3.43. The maximum atomic E-state index is 11.7. The number of carbonyl (C=O) groups is 1. The number of ether oxygens (including phenoxy) is 1. The van der Waals surface area contributed by atoms with Crippen molar-refractivity contribution >= 4 is 29.5 Å². The second kappa shape index (κ2) is 9.58. The summed E-state index contributed by atoms with van der Waals surface area (Å²) in [4.78, 5) is 30.4. The van der Waals surface area contributed by atoms with Crippen LogP contribution >= 0.6 is 23.5 Å². The number of hydrogen-bond acceptors (Lipinski definition) is 7. The highest BCUT2D eigenvalue weighted by molar-refractivity contribution is 7.98. The Hall–Kier alpha value is -1.67. The van der Waals surface area contributed by atoms with Gasteiger partial charge in [-0.05, 0) is 31.2 Å². The van der Waals surface area contributed by atoms with Gasteiger partial charge in [0.2, 0.25) is 5.76 Å². The van der Waals surface area contributed by atoms with E-state index in [-0.39, 0.29) is 11.3 Å². The highest BCUT2D eigenvalue weighted by atomic mass is 32.2. The zero-order chi connectivity index (χ0) is 17.4. The van der Waals surface area contributed by atoms with Gasteiger partial charge in [-0.1, -0.05) is 18.7 Å². The fraction of sp³-hybridized carbons (Fsp3) is 0.438. The zero-order valence-electron chi connectivity index (χ0n) is 13.7. The van der Waals surface area contributed by atoms with Crippen molar-refractivity contribution in [3.05, 3.63) is 45.8 Å². The van der Waals surface area contributed by atoms with Gasteiger partial charge in [0.15, 0.2) is 5.16 Å². The molecule has 0 aromatic carbocycles. The molecule has 0 saturated carbocycles. The normalized spacial score (nSPS) is 10.8. The fourth-order valence-electron chi connectivity index (χ4n) is 1.85. The third-order valence-corrected chi connectivity index (χ3v) is 4.95. The number of carbonyl (C=O) groups excluding carboxylic acids is 1. The lowest BCUT2D eigenvalue weighted by atomic mass is 10.4. The summed E-state index contributed by atoms with van der Waals surface area (Å²) >= 11 is 3.11. The first kappa shape index (κ1) is 18.7. The van der Waals surface area contributed by atoms with Crippen molar-refractivity contribution in [2.45, 2.75) is 36.9 Å². The topological polar surface area (TPSA) is 85.2 Å². The molecule has 0 atom stereocenters. The molecule has 0 unspecified atom stereocenters. The molecule has 0 aliphatic heterocycles. The Morgan fingerprint density at radius 3 is 2.92 bits per heavy atom. The molecular weight excluding hydrogens is 348 g/mol. The number of aromatic nitrogens is 2. The van der Waals surface area contributed by atoms with Gasteiger partial charge in [-0.3, -0.25) is 4.79 Å². The van der Waals surface area contributed by atoms with E-state index in [4.69, 9.17) is 9.15 Å². The summed E-state index contributed by atoms with van der Waals surface area (Å²) in [6.07, 6.45) is 1.09. The number of rotatable bonds is 9. The molecule has 0 aliphatic carbocycles. The molecule has 0 bridgehead atoms. The maximum absolute atomic E-state index is 11.7. The molecule has 130 valence electrons. The van der Waals surface area contributed by atoms with E-state index in [1.807, 2.05) is 0 Å². The van der Waals surface area contributed by atoms with E-state index in [1.165, 1.54) is 17.8 Å². The van der Waals surface area contributed by atoms with Crippen molar-refractivity contribution in [3.63, 3.8) is 0 Å². The summed E-state index contributed by atoms with van der Waals surface area (Å²) in [6.45, 7) is 4.16. The molecule has 6 nitrogen and oxygen atoms in total. The molecule has 2 rings (SSSR count). The number of H-pyrrole nitrogens is 1. The molecule has 0 radical (unpaired) electrons. The van der Waals surface area contributed by atoms with Crippen molar-refractivity contribution in [1.29, 1.82) is 0 Å². The highest BCUT2D eigenvalue weighted by Gasteiger charge is 2.12. The standard InChI is InChI=1S/C16H20N2O4S2/c1-3-7-23-9-11-8-14(19)18-16(17-11)24-10-12-5-6-13(22-12)15(20)21-4-2/h5-6,8H,3-4,7,9-10H2,1-2H3,(H,17,18,19). The first-order valence-corrected chi connectivity index (χ1v) is 9.83. The minimum atomic E-state index is -0.477. The van der Waals surface area contributed by atoms with Crippen LogP contribution in [0.1, 0.15) is 42.3 Å². The van der Waals surface area contributed by atoms with Crippen LogP contribution in [0.2, 0.25) is 0 Å². The van der Waals surface area contributed by atoms with Gasteiger partial charge in [0, 0.05) is 11.8 Å². The van der Waals surface area contributed by atoms with E-state index in [0.717, 1.165) is 23.6 Å². The van der Waals surface area contributed by atoms with Gasteiger partial charge in [-0.15, -0.1) is 0 Å². The third kappa shape index (κ3) is 5.76. The van der Waals surface area contributed by atoms with Crippen LogP contribution in [-0.4, -0.2) is 28.3 Å². The quantitative estimate of drug-likeness (QED) is 0.314. The predicted molar refractivity (Wildman–Crippen MR) is 95.5 cm³/mol. The number of nitrogens with zero attached hydrogens (tertiary/aromatic N) is 1. The molecule has 1 N–H and O–H groups in total. The second-order valence-electron chi connectivity index (χ2n) is 4.87. The summed E-state index contributed by atoms with van der Waals surface area (Å²) in [5, 5.41) is 0.545. The molecule has 0 aliphatic rings. The molecule has 0 fully saturated rings. The number of hydrogen-bond donors (Lipinski definition) is 1. The smallest absolute Gasteiger partial charge is 0.374 e. The van der Waals surface area contributed by atoms with Crippen LogP contribution in [0.3, 0.4) is 0 Å². The van der Waals surface area contributed by atoms with Crippen LogP contribution in [0.5, 0.6) is 0 Å². The summed E-state index contributed by atoms with van der Waals surface area (Å²) < 4.78 is 10.3. The van der Waals surface area contributed by atoms with Crippen LogP contribution < -0.4 is 5.56 Å². The second-order valence-corrected chi connectivity index (χ2v) is 6.94. The average molecular weight is 368 g/mol. The number of esters is 1. The summed E-state index contributed by atoms with van der Waals surface area (Å²) in [6, 6.07) is 4.83. The summed E-state index contributed by atoms with van der Waals surface area (Å²) in [7, 11) is 0. The van der Waals surface area contributed by atoms with Crippen molar-refractivity contribution in [2.75, 3.05) is 12.4 Å². The Bertz CT molecular complexity index is 727.